The van der Waals surface area contributed by atoms with Gasteiger partial charge in [0.25, 0.3) is 5.91 Å². The SMILES string of the molecule is Cc1ccsc1C(=O)Nc1ccc(Oc2nc3ccccn3c(=O)c2[N+](=O)[O-])cc1. The van der Waals surface area contributed by atoms with Crippen LogP contribution in [0.1, 0.15) is 15.2 Å². The van der Waals surface area contributed by atoms with Crippen LogP contribution in [0, 0.1) is 17.0 Å². The predicted octanol–water partition coefficient (Wildman–Crippen LogP) is 4.02. The van der Waals surface area contributed by atoms with Crippen LogP contribution in [-0.4, -0.2) is 20.2 Å². The number of ether oxygens (including phenoxy) is 1. The van der Waals surface area contributed by atoms with Gasteiger partial charge in [0.15, 0.2) is 0 Å². The molecule has 0 unspecified atom stereocenters. The van der Waals surface area contributed by atoms with Crippen LogP contribution >= 0.6 is 11.3 Å². The van der Waals surface area contributed by atoms with Gasteiger partial charge in [-0.25, -0.2) is 0 Å². The number of amides is 1. The number of carbonyl (C=O) groups excluding carboxylic acids is 1. The first kappa shape index (κ1) is 19.3. The highest BCUT2D eigenvalue weighted by Gasteiger charge is 2.25. The fourth-order valence-corrected chi connectivity index (χ4v) is 3.62. The minimum Gasteiger partial charge on any atom is -0.433 e. The van der Waals surface area contributed by atoms with E-state index in [-0.39, 0.29) is 17.3 Å². The number of nitrogens with zero attached hydrogens (tertiary/aromatic N) is 3. The van der Waals surface area contributed by atoms with Crippen molar-refractivity contribution in [3.63, 3.8) is 0 Å². The number of benzene rings is 1. The van der Waals surface area contributed by atoms with Gasteiger partial charge >= 0.3 is 17.1 Å². The van der Waals surface area contributed by atoms with Crippen molar-refractivity contribution < 1.29 is 14.5 Å². The molecule has 150 valence electrons. The molecule has 0 saturated heterocycles. The first-order valence-corrected chi connectivity index (χ1v) is 9.61. The Labute approximate surface area is 173 Å². The number of pyridine rings is 1. The third-order valence-electron chi connectivity index (χ3n) is 4.26. The molecule has 0 atom stereocenters. The lowest BCUT2D eigenvalue weighted by atomic mass is 10.2. The highest BCUT2D eigenvalue weighted by molar-refractivity contribution is 7.12. The number of fused-ring (bicyclic) bond motifs is 1. The summed E-state index contributed by atoms with van der Waals surface area (Å²) in [6, 6.07) is 12.9. The molecule has 0 fully saturated rings. The van der Waals surface area contributed by atoms with Crippen molar-refractivity contribution in [3.05, 3.63) is 91.0 Å². The van der Waals surface area contributed by atoms with Gasteiger partial charge in [0.2, 0.25) is 0 Å². The molecule has 0 aliphatic carbocycles. The van der Waals surface area contributed by atoms with Crippen molar-refractivity contribution >= 4 is 34.3 Å². The summed E-state index contributed by atoms with van der Waals surface area (Å²) in [6.07, 6.45) is 1.40. The number of nitrogens with one attached hydrogen (secondary N) is 1. The van der Waals surface area contributed by atoms with Gasteiger partial charge < -0.3 is 10.1 Å². The van der Waals surface area contributed by atoms with Crippen LogP contribution in [0.15, 0.2) is 64.9 Å². The maximum absolute atomic E-state index is 12.5. The quantitative estimate of drug-likeness (QED) is 0.384. The van der Waals surface area contributed by atoms with Crippen molar-refractivity contribution in [2.75, 3.05) is 5.32 Å². The first-order valence-electron chi connectivity index (χ1n) is 8.73. The van der Waals surface area contributed by atoms with Crippen LogP contribution in [0.3, 0.4) is 0 Å². The minimum atomic E-state index is -0.837. The number of hydrogen-bond donors (Lipinski definition) is 1. The first-order chi connectivity index (χ1) is 14.4. The highest BCUT2D eigenvalue weighted by Crippen LogP contribution is 2.28. The van der Waals surface area contributed by atoms with Gasteiger partial charge in [0, 0.05) is 11.9 Å². The number of nitro groups is 1. The normalized spacial score (nSPS) is 10.7. The summed E-state index contributed by atoms with van der Waals surface area (Å²) in [5.41, 5.74) is 0.0398. The second-order valence-corrected chi connectivity index (χ2v) is 7.19. The Morgan fingerprint density at radius 2 is 1.97 bits per heavy atom. The Morgan fingerprint density at radius 3 is 2.63 bits per heavy atom. The molecule has 3 aromatic heterocycles. The average Bonchev–Trinajstić information content (AvgIpc) is 3.15. The Balaban J connectivity index is 1.60. The lowest BCUT2D eigenvalue weighted by Crippen LogP contribution is -2.19. The fraction of sp³-hybridized carbons (Fsp3) is 0.0500. The smallest absolute Gasteiger partial charge is 0.396 e. The molecule has 0 radical (unpaired) electrons. The Morgan fingerprint density at radius 1 is 1.20 bits per heavy atom. The van der Waals surface area contributed by atoms with Gasteiger partial charge in [-0.05, 0) is 60.3 Å². The number of hydrogen-bond acceptors (Lipinski definition) is 7. The molecule has 0 aliphatic heterocycles. The molecule has 0 spiro atoms. The second-order valence-electron chi connectivity index (χ2n) is 6.27. The van der Waals surface area contributed by atoms with Gasteiger partial charge in [-0.1, -0.05) is 6.07 Å². The summed E-state index contributed by atoms with van der Waals surface area (Å²) in [4.78, 5) is 40.1. The molecular formula is C20H14N4O5S. The van der Waals surface area contributed by atoms with Crippen molar-refractivity contribution in [1.29, 1.82) is 0 Å². The summed E-state index contributed by atoms with van der Waals surface area (Å²) in [5.74, 6) is -0.395. The topological polar surface area (TPSA) is 116 Å². The van der Waals surface area contributed by atoms with E-state index in [0.717, 1.165) is 9.96 Å². The number of carbonyl (C=O) groups is 1. The molecule has 0 bridgehead atoms. The zero-order valence-electron chi connectivity index (χ0n) is 15.6. The molecule has 9 nitrogen and oxygen atoms in total. The van der Waals surface area contributed by atoms with Gasteiger partial charge in [0.1, 0.15) is 11.4 Å². The van der Waals surface area contributed by atoms with Crippen molar-refractivity contribution in [2.24, 2.45) is 0 Å². The van der Waals surface area contributed by atoms with Crippen LogP contribution in [0.2, 0.25) is 0 Å². The van der Waals surface area contributed by atoms with Gasteiger partial charge in [-0.3, -0.25) is 24.1 Å². The Kier molecular flexibility index (Phi) is 4.98. The standard InChI is InChI=1S/C20H14N4O5S/c1-12-9-11-30-17(12)18(25)21-13-5-7-14(8-6-13)29-19-16(24(27)28)20(26)23-10-3-2-4-15(23)22-19/h2-11H,1H3,(H,21,25). The van der Waals surface area contributed by atoms with Crippen molar-refractivity contribution in [3.8, 4) is 11.6 Å². The van der Waals surface area contributed by atoms with Crippen LogP contribution in [-0.2, 0) is 0 Å². The van der Waals surface area contributed by atoms with E-state index in [2.05, 4.69) is 10.3 Å². The van der Waals surface area contributed by atoms with E-state index < -0.39 is 22.0 Å². The Bertz CT molecular complexity index is 1330. The van der Waals surface area contributed by atoms with E-state index in [0.29, 0.717) is 10.6 Å². The second kappa shape index (κ2) is 7.76. The number of rotatable bonds is 5. The third-order valence-corrected chi connectivity index (χ3v) is 5.27. The molecule has 3 heterocycles. The molecule has 0 saturated carbocycles. The van der Waals surface area contributed by atoms with E-state index in [1.807, 2.05) is 18.4 Å². The third kappa shape index (κ3) is 3.63. The summed E-state index contributed by atoms with van der Waals surface area (Å²) >= 11 is 1.35. The van der Waals surface area contributed by atoms with Crippen LogP contribution in [0.5, 0.6) is 11.6 Å². The summed E-state index contributed by atoms with van der Waals surface area (Å²) in [6.45, 7) is 1.86. The summed E-state index contributed by atoms with van der Waals surface area (Å²) < 4.78 is 6.61. The molecule has 4 aromatic rings. The number of anilines is 1. The monoisotopic (exact) mass is 422 g/mol. The highest BCUT2D eigenvalue weighted by atomic mass is 32.1. The van der Waals surface area contributed by atoms with E-state index >= 15 is 0 Å². The van der Waals surface area contributed by atoms with E-state index in [4.69, 9.17) is 4.74 Å². The number of aromatic nitrogens is 2. The van der Waals surface area contributed by atoms with E-state index in [9.17, 15) is 19.7 Å². The van der Waals surface area contributed by atoms with E-state index in [1.54, 1.807) is 30.3 Å². The molecule has 1 amide bonds. The zero-order chi connectivity index (χ0) is 21.3. The average molecular weight is 422 g/mol. The molecule has 10 heteroatoms. The predicted molar refractivity (Wildman–Crippen MR) is 112 cm³/mol. The molecule has 0 aliphatic rings. The molecule has 1 aromatic carbocycles. The van der Waals surface area contributed by atoms with Crippen molar-refractivity contribution in [2.45, 2.75) is 6.92 Å². The molecule has 1 N–H and O–H groups in total. The Hall–Kier alpha value is -4.05. The zero-order valence-corrected chi connectivity index (χ0v) is 16.4. The molecular weight excluding hydrogens is 408 g/mol. The van der Waals surface area contributed by atoms with Crippen LogP contribution in [0.4, 0.5) is 11.4 Å². The molecule has 30 heavy (non-hydrogen) atoms. The fourth-order valence-electron chi connectivity index (χ4n) is 2.80. The summed E-state index contributed by atoms with van der Waals surface area (Å²) in [5, 5.41) is 16.0. The summed E-state index contributed by atoms with van der Waals surface area (Å²) in [7, 11) is 0. The maximum Gasteiger partial charge on any atom is 0.396 e. The van der Waals surface area contributed by atoms with Crippen LogP contribution < -0.4 is 15.6 Å². The maximum atomic E-state index is 12.5. The largest absolute Gasteiger partial charge is 0.433 e. The van der Waals surface area contributed by atoms with E-state index in [1.165, 1.54) is 29.7 Å². The lowest BCUT2D eigenvalue weighted by Gasteiger charge is -2.08. The van der Waals surface area contributed by atoms with Gasteiger partial charge in [0.05, 0.1) is 9.80 Å². The lowest BCUT2D eigenvalue weighted by molar-refractivity contribution is -0.387. The van der Waals surface area contributed by atoms with Gasteiger partial charge in [-0.2, -0.15) is 4.98 Å². The number of thiophene rings is 1. The minimum absolute atomic E-state index is 0.221. The molecule has 4 rings (SSSR count). The van der Waals surface area contributed by atoms with Gasteiger partial charge in [-0.15, -0.1) is 11.3 Å². The van der Waals surface area contributed by atoms with Crippen LogP contribution in [0.25, 0.3) is 5.65 Å². The van der Waals surface area contributed by atoms with Crippen molar-refractivity contribution in [1.82, 2.24) is 9.38 Å². The number of aryl methyl sites for hydroxylation is 1.